The number of carbonyl (C=O) groups is 2. The molecule has 1 aromatic carbocycles. The van der Waals surface area contributed by atoms with Crippen molar-refractivity contribution in [1.29, 1.82) is 0 Å². The van der Waals surface area contributed by atoms with E-state index in [1.165, 1.54) is 11.1 Å². The highest BCUT2D eigenvalue weighted by Crippen LogP contribution is 2.30. The predicted octanol–water partition coefficient (Wildman–Crippen LogP) is 2.83. The van der Waals surface area contributed by atoms with Crippen LogP contribution in [0, 0.1) is 6.92 Å². The Hall–Kier alpha value is -1.84. The molecular weight excluding hydrogens is 288 g/mol. The molecule has 0 saturated carbocycles. The van der Waals surface area contributed by atoms with Gasteiger partial charge in [0, 0.05) is 19.0 Å². The average molecular weight is 316 g/mol. The lowest BCUT2D eigenvalue weighted by Crippen LogP contribution is -2.56. The molecule has 0 spiro atoms. The maximum Gasteiger partial charge on any atom is 0.245 e. The molecule has 2 amide bonds. The van der Waals surface area contributed by atoms with Crippen molar-refractivity contribution in [2.24, 2.45) is 0 Å². The standard InChI is InChI=1S/C19H28N2O2/c1-5-15(3)20-18(23)19(4)12-10-17(22)21(19)13-11-16-8-6-14(2)7-9-16/h6-9,15H,5,10-13H2,1-4H3,(H,20,23)/t15-,19-/m1/s1. The second-order valence-corrected chi connectivity index (χ2v) is 6.84. The van der Waals surface area contributed by atoms with Gasteiger partial charge in [0.15, 0.2) is 0 Å². The van der Waals surface area contributed by atoms with Gasteiger partial charge < -0.3 is 10.2 Å². The van der Waals surface area contributed by atoms with Crippen LogP contribution in [0.2, 0.25) is 0 Å². The third kappa shape index (κ3) is 3.92. The van der Waals surface area contributed by atoms with Gasteiger partial charge in [0.1, 0.15) is 5.54 Å². The van der Waals surface area contributed by atoms with E-state index in [1.807, 2.05) is 20.8 Å². The van der Waals surface area contributed by atoms with Crippen LogP contribution in [-0.2, 0) is 16.0 Å². The molecule has 1 heterocycles. The van der Waals surface area contributed by atoms with Crippen molar-refractivity contribution in [3.05, 3.63) is 35.4 Å². The van der Waals surface area contributed by atoms with Gasteiger partial charge >= 0.3 is 0 Å². The van der Waals surface area contributed by atoms with Gasteiger partial charge in [-0.25, -0.2) is 0 Å². The van der Waals surface area contributed by atoms with Crippen LogP contribution in [0.15, 0.2) is 24.3 Å². The molecule has 23 heavy (non-hydrogen) atoms. The largest absolute Gasteiger partial charge is 0.352 e. The molecule has 0 aromatic heterocycles. The van der Waals surface area contributed by atoms with Crippen LogP contribution in [0.3, 0.4) is 0 Å². The number of likely N-dealkylation sites (tertiary alicyclic amines) is 1. The lowest BCUT2D eigenvalue weighted by molar-refractivity contribution is -0.140. The number of rotatable bonds is 6. The van der Waals surface area contributed by atoms with E-state index in [9.17, 15) is 9.59 Å². The molecule has 0 aliphatic carbocycles. The Labute approximate surface area is 139 Å². The van der Waals surface area contributed by atoms with Gasteiger partial charge in [-0.1, -0.05) is 36.8 Å². The van der Waals surface area contributed by atoms with E-state index < -0.39 is 5.54 Å². The quantitative estimate of drug-likeness (QED) is 0.877. The van der Waals surface area contributed by atoms with Crippen molar-refractivity contribution in [2.75, 3.05) is 6.54 Å². The first-order valence-corrected chi connectivity index (χ1v) is 8.54. The minimum absolute atomic E-state index is 0.0263. The molecule has 0 unspecified atom stereocenters. The van der Waals surface area contributed by atoms with Gasteiger partial charge in [-0.2, -0.15) is 0 Å². The van der Waals surface area contributed by atoms with Crippen LogP contribution in [0.4, 0.5) is 0 Å². The van der Waals surface area contributed by atoms with Crippen LogP contribution in [0.25, 0.3) is 0 Å². The summed E-state index contributed by atoms with van der Waals surface area (Å²) in [7, 11) is 0. The van der Waals surface area contributed by atoms with Crippen LogP contribution in [0.5, 0.6) is 0 Å². The van der Waals surface area contributed by atoms with Crippen molar-refractivity contribution in [3.63, 3.8) is 0 Å². The van der Waals surface area contributed by atoms with E-state index in [0.29, 0.717) is 19.4 Å². The molecule has 1 saturated heterocycles. The molecule has 2 atom stereocenters. The number of nitrogens with one attached hydrogen (secondary N) is 1. The predicted molar refractivity (Wildman–Crippen MR) is 92.1 cm³/mol. The SMILES string of the molecule is CC[C@@H](C)NC(=O)[C@@]1(C)CCC(=O)N1CCc1ccc(C)cc1. The molecule has 1 N–H and O–H groups in total. The minimum atomic E-state index is -0.717. The summed E-state index contributed by atoms with van der Waals surface area (Å²) in [5.41, 5.74) is 1.70. The Bertz CT molecular complexity index is 567. The average Bonchev–Trinajstić information content (AvgIpc) is 2.83. The van der Waals surface area contributed by atoms with Crippen molar-refractivity contribution in [3.8, 4) is 0 Å². The summed E-state index contributed by atoms with van der Waals surface area (Å²) in [6.07, 6.45) is 2.72. The second-order valence-electron chi connectivity index (χ2n) is 6.84. The highest BCUT2D eigenvalue weighted by molar-refractivity contribution is 5.94. The molecule has 4 heteroatoms. The highest BCUT2D eigenvalue weighted by Gasteiger charge is 2.47. The topological polar surface area (TPSA) is 49.4 Å². The number of amides is 2. The molecule has 1 aliphatic heterocycles. The number of aryl methyl sites for hydroxylation is 1. The van der Waals surface area contributed by atoms with E-state index in [-0.39, 0.29) is 17.9 Å². The van der Waals surface area contributed by atoms with Crippen molar-refractivity contribution >= 4 is 11.8 Å². The lowest BCUT2D eigenvalue weighted by Gasteiger charge is -2.35. The summed E-state index contributed by atoms with van der Waals surface area (Å²) in [6, 6.07) is 8.47. The van der Waals surface area contributed by atoms with Crippen LogP contribution in [-0.4, -0.2) is 34.8 Å². The Kier molecular flexibility index (Phi) is 5.45. The van der Waals surface area contributed by atoms with E-state index in [0.717, 1.165) is 12.8 Å². The smallest absolute Gasteiger partial charge is 0.245 e. The normalized spacial score (nSPS) is 22.3. The summed E-state index contributed by atoms with van der Waals surface area (Å²) in [5, 5.41) is 3.04. The fourth-order valence-electron chi connectivity index (χ4n) is 2.98. The lowest BCUT2D eigenvalue weighted by atomic mass is 9.96. The summed E-state index contributed by atoms with van der Waals surface area (Å²) in [5.74, 6) is 0.0560. The number of hydrogen-bond donors (Lipinski definition) is 1. The van der Waals surface area contributed by atoms with Crippen LogP contribution in [0.1, 0.15) is 51.2 Å². The molecule has 0 radical (unpaired) electrons. The van der Waals surface area contributed by atoms with Crippen molar-refractivity contribution in [2.45, 2.75) is 65.0 Å². The van der Waals surface area contributed by atoms with Gasteiger partial charge in [0.2, 0.25) is 11.8 Å². The molecule has 2 rings (SSSR count). The van der Waals surface area contributed by atoms with Gasteiger partial charge in [-0.15, -0.1) is 0 Å². The maximum absolute atomic E-state index is 12.6. The Balaban J connectivity index is 2.06. The van der Waals surface area contributed by atoms with Crippen LogP contribution < -0.4 is 5.32 Å². The molecular formula is C19H28N2O2. The van der Waals surface area contributed by atoms with E-state index >= 15 is 0 Å². The summed E-state index contributed by atoms with van der Waals surface area (Å²) < 4.78 is 0. The number of benzene rings is 1. The van der Waals surface area contributed by atoms with Gasteiger partial charge in [-0.3, -0.25) is 9.59 Å². The monoisotopic (exact) mass is 316 g/mol. The Morgan fingerprint density at radius 3 is 2.61 bits per heavy atom. The zero-order valence-electron chi connectivity index (χ0n) is 14.7. The molecule has 1 fully saturated rings. The minimum Gasteiger partial charge on any atom is -0.352 e. The van der Waals surface area contributed by atoms with Gasteiger partial charge in [0.25, 0.3) is 0 Å². The van der Waals surface area contributed by atoms with Gasteiger partial charge in [-0.05, 0) is 45.6 Å². The first-order valence-electron chi connectivity index (χ1n) is 8.54. The van der Waals surface area contributed by atoms with Gasteiger partial charge in [0.05, 0.1) is 0 Å². The summed E-state index contributed by atoms with van der Waals surface area (Å²) in [6.45, 7) is 8.58. The second kappa shape index (κ2) is 7.16. The molecule has 4 nitrogen and oxygen atoms in total. The summed E-state index contributed by atoms with van der Waals surface area (Å²) >= 11 is 0. The summed E-state index contributed by atoms with van der Waals surface area (Å²) in [4.78, 5) is 26.7. The highest BCUT2D eigenvalue weighted by atomic mass is 16.2. The maximum atomic E-state index is 12.6. The van der Waals surface area contributed by atoms with E-state index in [1.54, 1.807) is 4.90 Å². The fourth-order valence-corrected chi connectivity index (χ4v) is 2.98. The first kappa shape index (κ1) is 17.5. The number of nitrogens with zero attached hydrogens (tertiary/aromatic N) is 1. The molecule has 126 valence electrons. The zero-order valence-corrected chi connectivity index (χ0v) is 14.7. The third-order valence-corrected chi connectivity index (χ3v) is 4.95. The zero-order chi connectivity index (χ0) is 17.0. The number of carbonyl (C=O) groups excluding carboxylic acids is 2. The Morgan fingerprint density at radius 2 is 2.00 bits per heavy atom. The molecule has 1 aliphatic rings. The van der Waals surface area contributed by atoms with E-state index in [4.69, 9.17) is 0 Å². The Morgan fingerprint density at radius 1 is 1.35 bits per heavy atom. The fraction of sp³-hybridized carbons (Fsp3) is 0.579. The van der Waals surface area contributed by atoms with E-state index in [2.05, 4.69) is 36.5 Å². The van der Waals surface area contributed by atoms with Crippen molar-refractivity contribution in [1.82, 2.24) is 10.2 Å². The molecule has 1 aromatic rings. The first-order chi connectivity index (χ1) is 10.9. The molecule has 0 bridgehead atoms. The third-order valence-electron chi connectivity index (χ3n) is 4.95. The van der Waals surface area contributed by atoms with Crippen molar-refractivity contribution < 1.29 is 9.59 Å². The van der Waals surface area contributed by atoms with Crippen LogP contribution >= 0.6 is 0 Å². The number of hydrogen-bond acceptors (Lipinski definition) is 2.